The van der Waals surface area contributed by atoms with Gasteiger partial charge in [0.1, 0.15) is 18.1 Å². The number of benzene rings is 4. The van der Waals surface area contributed by atoms with Crippen LogP contribution in [0.2, 0.25) is 0 Å². The molecule has 0 aliphatic carbocycles. The molecule has 248 valence electrons. The summed E-state index contributed by atoms with van der Waals surface area (Å²) >= 11 is 0. The number of para-hydroxylation sites is 1. The highest BCUT2D eigenvalue weighted by molar-refractivity contribution is 6.06. The average molecular weight is 659 g/mol. The Morgan fingerprint density at radius 3 is 2.37 bits per heavy atom. The third kappa shape index (κ3) is 6.71. The first-order valence-electron chi connectivity index (χ1n) is 15.8. The fourth-order valence-electron chi connectivity index (χ4n) is 6.22. The van der Waals surface area contributed by atoms with Gasteiger partial charge in [0, 0.05) is 28.9 Å². The molecule has 4 aromatic rings. The number of allylic oxidation sites excluding steroid dienone is 1. The van der Waals surface area contributed by atoms with Crippen LogP contribution in [0.15, 0.2) is 109 Å². The van der Waals surface area contributed by atoms with Gasteiger partial charge in [0.2, 0.25) is 5.72 Å². The molecule has 2 heterocycles. The standard InChI is InChI=1S/C39H34N2O8/c1-38(2)32-10-6-7-11-33(32)40(39(38)23-22-29-26-30(41(45)46)15-19-35(29)49-39)24-25-47-36(43)20-21-37(44)48-31-16-12-27(13-17-31)14-18-34(42)28-8-4-3-5-9-28/h3-19,22-23,26H,20-21,24-25H2,1-2H3/b18-14+. The lowest BCUT2D eigenvalue weighted by Crippen LogP contribution is -2.60. The number of nitro benzene ring substituents is 1. The Hall–Kier alpha value is -6.03. The predicted molar refractivity (Wildman–Crippen MR) is 184 cm³/mol. The lowest BCUT2D eigenvalue weighted by Gasteiger charge is -2.47. The normalized spacial score (nSPS) is 16.9. The van der Waals surface area contributed by atoms with Gasteiger partial charge in [-0.2, -0.15) is 0 Å². The lowest BCUT2D eigenvalue weighted by atomic mass is 9.76. The topological polar surface area (TPSA) is 125 Å². The summed E-state index contributed by atoms with van der Waals surface area (Å²) in [6.07, 6.45) is 6.59. The van der Waals surface area contributed by atoms with Gasteiger partial charge in [-0.25, -0.2) is 0 Å². The molecule has 10 heteroatoms. The summed E-state index contributed by atoms with van der Waals surface area (Å²) in [5, 5.41) is 11.3. The van der Waals surface area contributed by atoms with Crippen LogP contribution in [-0.4, -0.2) is 41.5 Å². The first-order chi connectivity index (χ1) is 23.6. The largest absolute Gasteiger partial charge is 0.464 e. The van der Waals surface area contributed by atoms with Gasteiger partial charge < -0.3 is 19.1 Å². The van der Waals surface area contributed by atoms with Crippen LogP contribution in [-0.2, 0) is 19.7 Å². The Balaban J connectivity index is 1.03. The number of non-ortho nitro benzene ring substituents is 1. The molecule has 0 fully saturated rings. The second-order valence-electron chi connectivity index (χ2n) is 12.2. The number of hydrogen-bond donors (Lipinski definition) is 0. The highest BCUT2D eigenvalue weighted by Gasteiger charge is 2.58. The monoisotopic (exact) mass is 658 g/mol. The average Bonchev–Trinajstić information content (AvgIpc) is 3.28. The molecule has 10 nitrogen and oxygen atoms in total. The van der Waals surface area contributed by atoms with E-state index < -0.39 is 28.0 Å². The molecular weight excluding hydrogens is 624 g/mol. The van der Waals surface area contributed by atoms with Crippen LogP contribution in [0.1, 0.15) is 53.7 Å². The van der Waals surface area contributed by atoms with E-state index in [1.165, 1.54) is 18.2 Å². The van der Waals surface area contributed by atoms with E-state index in [0.29, 0.717) is 29.2 Å². The number of carbonyl (C=O) groups is 3. The molecule has 4 aromatic carbocycles. The first kappa shape index (κ1) is 32.9. The summed E-state index contributed by atoms with van der Waals surface area (Å²) in [4.78, 5) is 50.3. The Morgan fingerprint density at radius 2 is 1.61 bits per heavy atom. The van der Waals surface area contributed by atoms with Gasteiger partial charge in [-0.05, 0) is 67.5 Å². The van der Waals surface area contributed by atoms with E-state index in [9.17, 15) is 24.5 Å². The van der Waals surface area contributed by atoms with Gasteiger partial charge in [0.15, 0.2) is 5.78 Å². The highest BCUT2D eigenvalue weighted by Crippen LogP contribution is 2.54. The molecule has 49 heavy (non-hydrogen) atoms. The SMILES string of the molecule is CC1(C)c2ccccc2N(CCOC(=O)CCC(=O)Oc2ccc(/C=C/C(=O)c3ccccc3)cc2)C12C=Cc1cc([N+](=O)[O-])ccc1O2. The maximum Gasteiger partial charge on any atom is 0.311 e. The quantitative estimate of drug-likeness (QED) is 0.0407. The van der Waals surface area contributed by atoms with E-state index in [2.05, 4.69) is 13.8 Å². The van der Waals surface area contributed by atoms with E-state index in [1.54, 1.807) is 60.7 Å². The molecule has 6 rings (SSSR count). The molecule has 0 saturated heterocycles. The molecule has 1 spiro atoms. The number of ketones is 1. The molecule has 2 aliphatic rings. The van der Waals surface area contributed by atoms with Gasteiger partial charge >= 0.3 is 11.9 Å². The third-order valence-electron chi connectivity index (χ3n) is 8.83. The van der Waals surface area contributed by atoms with Crippen LogP contribution in [0.4, 0.5) is 11.4 Å². The Bertz CT molecular complexity index is 1970. The van der Waals surface area contributed by atoms with E-state index >= 15 is 0 Å². The van der Waals surface area contributed by atoms with Crippen molar-refractivity contribution < 1.29 is 33.5 Å². The minimum atomic E-state index is -0.987. The molecule has 0 N–H and O–H groups in total. The summed E-state index contributed by atoms with van der Waals surface area (Å²) in [5.74, 6) is -0.398. The second-order valence-corrected chi connectivity index (χ2v) is 12.2. The number of nitro groups is 1. The van der Waals surface area contributed by atoms with Crippen molar-refractivity contribution in [3.8, 4) is 11.5 Å². The number of ether oxygens (including phenoxy) is 3. The number of carbonyl (C=O) groups excluding carboxylic acids is 3. The third-order valence-corrected chi connectivity index (χ3v) is 8.83. The zero-order valence-electron chi connectivity index (χ0n) is 27.0. The van der Waals surface area contributed by atoms with Crippen molar-refractivity contribution in [3.63, 3.8) is 0 Å². The van der Waals surface area contributed by atoms with Crippen molar-refractivity contribution in [2.24, 2.45) is 0 Å². The minimum absolute atomic E-state index is 0.0243. The van der Waals surface area contributed by atoms with Crippen molar-refractivity contribution in [2.75, 3.05) is 18.1 Å². The van der Waals surface area contributed by atoms with Crippen molar-refractivity contribution >= 4 is 41.2 Å². The molecule has 1 atom stereocenters. The molecule has 1 unspecified atom stereocenters. The van der Waals surface area contributed by atoms with Gasteiger partial charge in [0.25, 0.3) is 5.69 Å². The van der Waals surface area contributed by atoms with Crippen LogP contribution in [0.25, 0.3) is 12.2 Å². The molecule has 0 amide bonds. The second kappa shape index (κ2) is 13.6. The minimum Gasteiger partial charge on any atom is -0.464 e. The van der Waals surface area contributed by atoms with Crippen LogP contribution in [0, 0.1) is 10.1 Å². The summed E-state index contributed by atoms with van der Waals surface area (Å²) in [7, 11) is 0. The fraction of sp³-hybridized carbons (Fsp3) is 0.205. The molecular formula is C39H34N2O8. The smallest absolute Gasteiger partial charge is 0.311 e. The summed E-state index contributed by atoms with van der Waals surface area (Å²) in [5.41, 5.74) is 2.38. The van der Waals surface area contributed by atoms with Crippen LogP contribution >= 0.6 is 0 Å². The van der Waals surface area contributed by atoms with Crippen LogP contribution in [0.5, 0.6) is 11.5 Å². The Kier molecular flexibility index (Phi) is 9.13. The number of hydrogen-bond acceptors (Lipinski definition) is 9. The van der Waals surface area contributed by atoms with E-state index in [-0.39, 0.29) is 30.9 Å². The van der Waals surface area contributed by atoms with Crippen LogP contribution in [0.3, 0.4) is 0 Å². The van der Waals surface area contributed by atoms with Crippen molar-refractivity contribution in [1.82, 2.24) is 0 Å². The number of nitrogens with zero attached hydrogens (tertiary/aromatic N) is 2. The molecule has 0 radical (unpaired) electrons. The maximum absolute atomic E-state index is 12.7. The van der Waals surface area contributed by atoms with Crippen molar-refractivity contribution in [3.05, 3.63) is 142 Å². The van der Waals surface area contributed by atoms with Gasteiger partial charge in [-0.1, -0.05) is 66.7 Å². The number of anilines is 1. The van der Waals surface area contributed by atoms with E-state index in [4.69, 9.17) is 14.2 Å². The predicted octanol–water partition coefficient (Wildman–Crippen LogP) is 7.32. The zero-order chi connectivity index (χ0) is 34.6. The van der Waals surface area contributed by atoms with Crippen LogP contribution < -0.4 is 14.4 Å². The fourth-order valence-corrected chi connectivity index (χ4v) is 6.22. The van der Waals surface area contributed by atoms with Gasteiger partial charge in [-0.15, -0.1) is 0 Å². The Morgan fingerprint density at radius 1 is 0.898 bits per heavy atom. The number of esters is 2. The first-order valence-corrected chi connectivity index (χ1v) is 15.8. The molecule has 2 aliphatic heterocycles. The van der Waals surface area contributed by atoms with Crippen molar-refractivity contribution in [2.45, 2.75) is 37.8 Å². The summed E-state index contributed by atoms with van der Waals surface area (Å²) in [6.45, 7) is 4.47. The summed E-state index contributed by atoms with van der Waals surface area (Å²) < 4.78 is 17.6. The summed E-state index contributed by atoms with van der Waals surface area (Å²) in [6, 6.07) is 28.1. The van der Waals surface area contributed by atoms with Crippen molar-refractivity contribution in [1.29, 1.82) is 0 Å². The van der Waals surface area contributed by atoms with Gasteiger partial charge in [0.05, 0.1) is 29.7 Å². The van der Waals surface area contributed by atoms with E-state index in [0.717, 1.165) is 16.8 Å². The highest BCUT2D eigenvalue weighted by atomic mass is 16.6. The molecule has 0 saturated carbocycles. The van der Waals surface area contributed by atoms with Gasteiger partial charge in [-0.3, -0.25) is 24.5 Å². The molecule has 0 aromatic heterocycles. The maximum atomic E-state index is 12.7. The number of fused-ring (bicyclic) bond motifs is 2. The van der Waals surface area contributed by atoms with E-state index in [1.807, 2.05) is 47.4 Å². The molecule has 0 bridgehead atoms. The lowest BCUT2D eigenvalue weighted by molar-refractivity contribution is -0.384. The number of rotatable bonds is 11. The Labute approximate surface area is 283 Å². The zero-order valence-corrected chi connectivity index (χ0v) is 27.0.